The van der Waals surface area contributed by atoms with E-state index in [-0.39, 0.29) is 23.0 Å². The van der Waals surface area contributed by atoms with Gasteiger partial charge in [0.2, 0.25) is 5.91 Å². The number of nitrogens with zero attached hydrogens (tertiary/aromatic N) is 4. The summed E-state index contributed by atoms with van der Waals surface area (Å²) in [5.74, 6) is -0.634. The molecule has 10 heteroatoms. The smallest absolute Gasteiger partial charge is 0.337 e. The Balaban J connectivity index is 1.36. The number of fused-ring (bicyclic) bond motifs is 1. The molecule has 216 valence electrons. The molecule has 2 fully saturated rings. The van der Waals surface area contributed by atoms with Gasteiger partial charge in [-0.2, -0.15) is 0 Å². The van der Waals surface area contributed by atoms with Crippen molar-refractivity contribution in [1.82, 2.24) is 24.3 Å². The highest BCUT2D eigenvalue weighted by Crippen LogP contribution is 2.40. The predicted molar refractivity (Wildman–Crippen MR) is 157 cm³/mol. The third kappa shape index (κ3) is 4.85. The van der Waals surface area contributed by atoms with Crippen molar-refractivity contribution in [2.75, 3.05) is 14.1 Å². The van der Waals surface area contributed by atoms with Gasteiger partial charge in [0.25, 0.3) is 5.56 Å². The van der Waals surface area contributed by atoms with Crippen molar-refractivity contribution in [3.05, 3.63) is 93.0 Å². The lowest BCUT2D eigenvalue weighted by Gasteiger charge is -2.32. The van der Waals surface area contributed by atoms with Crippen molar-refractivity contribution in [3.8, 4) is 16.8 Å². The molecule has 2 heterocycles. The SMILES string of the molecule is CN(C)C1(C(=O)NC2CCC(n3c(=O)c4cc(F)cnc4n(-c4cccc(-c5ccc(C=O)cc5)c4)c3=O)CC2)CC1. The van der Waals surface area contributed by atoms with Crippen LogP contribution < -0.4 is 16.6 Å². The normalized spacial score (nSPS) is 19.5. The number of amides is 1. The number of pyridine rings is 1. The highest BCUT2D eigenvalue weighted by Gasteiger charge is 2.52. The topological polar surface area (TPSA) is 106 Å². The molecular formula is C32H32FN5O4. The second-order valence-corrected chi connectivity index (χ2v) is 11.5. The average molecular weight is 570 g/mol. The molecule has 4 aromatic rings. The minimum absolute atomic E-state index is 0.0208. The molecular weight excluding hydrogens is 537 g/mol. The fraction of sp³-hybridized carbons (Fsp3) is 0.344. The minimum Gasteiger partial charge on any atom is -0.352 e. The van der Waals surface area contributed by atoms with E-state index < -0.39 is 28.6 Å². The van der Waals surface area contributed by atoms with Crippen molar-refractivity contribution >= 4 is 23.2 Å². The summed E-state index contributed by atoms with van der Waals surface area (Å²) in [7, 11) is 3.83. The van der Waals surface area contributed by atoms with Crippen molar-refractivity contribution in [2.45, 2.75) is 56.1 Å². The molecule has 2 saturated carbocycles. The summed E-state index contributed by atoms with van der Waals surface area (Å²) in [6.07, 6.45) is 5.73. The van der Waals surface area contributed by atoms with Gasteiger partial charge in [0.15, 0.2) is 5.65 Å². The maximum atomic E-state index is 14.3. The zero-order valence-corrected chi connectivity index (χ0v) is 23.5. The first kappa shape index (κ1) is 27.7. The number of hydrogen-bond donors (Lipinski definition) is 1. The third-order valence-electron chi connectivity index (χ3n) is 8.78. The van der Waals surface area contributed by atoms with Crippen LogP contribution in [0.2, 0.25) is 0 Å². The number of carbonyl (C=O) groups excluding carboxylic acids is 2. The monoisotopic (exact) mass is 569 g/mol. The standard InChI is InChI=1S/C32H32FN5O4/c1-36(2)32(14-15-32)30(41)35-24-10-12-25(13-11-24)38-29(40)27-17-23(33)18-34-28(27)37(31(38)42)26-5-3-4-22(16-26)21-8-6-20(19-39)7-9-21/h3-9,16-19,24-25H,10-15H2,1-2H3,(H,35,41). The largest absolute Gasteiger partial charge is 0.352 e. The Morgan fingerprint density at radius 2 is 1.74 bits per heavy atom. The molecule has 0 spiro atoms. The molecule has 42 heavy (non-hydrogen) atoms. The first-order chi connectivity index (χ1) is 20.2. The number of nitrogens with one attached hydrogen (secondary N) is 1. The molecule has 0 aliphatic heterocycles. The molecule has 0 bridgehead atoms. The van der Waals surface area contributed by atoms with Crippen LogP contribution in [-0.2, 0) is 4.79 Å². The van der Waals surface area contributed by atoms with Crippen molar-refractivity contribution in [2.24, 2.45) is 0 Å². The number of hydrogen-bond acceptors (Lipinski definition) is 6. The quantitative estimate of drug-likeness (QED) is 0.339. The fourth-order valence-corrected chi connectivity index (χ4v) is 6.11. The van der Waals surface area contributed by atoms with E-state index >= 15 is 0 Å². The molecule has 2 aromatic carbocycles. The number of likely N-dealkylation sites (N-methyl/N-ethyl adjacent to an activating group) is 1. The van der Waals surface area contributed by atoms with Crippen LogP contribution in [0.25, 0.3) is 27.8 Å². The van der Waals surface area contributed by atoms with Gasteiger partial charge >= 0.3 is 5.69 Å². The van der Waals surface area contributed by atoms with Crippen LogP contribution in [0.15, 0.2) is 70.4 Å². The summed E-state index contributed by atoms with van der Waals surface area (Å²) in [5.41, 5.74) is 1.20. The van der Waals surface area contributed by atoms with Gasteiger partial charge in [-0.25, -0.2) is 18.7 Å². The number of benzene rings is 2. The van der Waals surface area contributed by atoms with Crippen molar-refractivity contribution in [1.29, 1.82) is 0 Å². The predicted octanol–water partition coefficient (Wildman–Crippen LogP) is 3.86. The van der Waals surface area contributed by atoms with E-state index in [0.29, 0.717) is 36.9 Å². The summed E-state index contributed by atoms with van der Waals surface area (Å²) < 4.78 is 16.9. The Kier molecular flexibility index (Phi) is 7.10. The van der Waals surface area contributed by atoms with Gasteiger partial charge in [-0.1, -0.05) is 36.4 Å². The van der Waals surface area contributed by atoms with Crippen molar-refractivity contribution < 1.29 is 14.0 Å². The lowest BCUT2D eigenvalue weighted by atomic mass is 9.90. The van der Waals surface area contributed by atoms with Gasteiger partial charge in [0.05, 0.1) is 22.8 Å². The summed E-state index contributed by atoms with van der Waals surface area (Å²) >= 11 is 0. The van der Waals surface area contributed by atoms with E-state index in [1.807, 2.05) is 43.3 Å². The van der Waals surface area contributed by atoms with Crippen LogP contribution in [0.1, 0.15) is 54.9 Å². The summed E-state index contributed by atoms with van der Waals surface area (Å²) in [6, 6.07) is 15.0. The molecule has 1 N–H and O–H groups in total. The lowest BCUT2D eigenvalue weighted by molar-refractivity contribution is -0.128. The average Bonchev–Trinajstić information content (AvgIpc) is 3.82. The van der Waals surface area contributed by atoms with Crippen molar-refractivity contribution in [3.63, 3.8) is 0 Å². The lowest BCUT2D eigenvalue weighted by Crippen LogP contribution is -2.50. The first-order valence-corrected chi connectivity index (χ1v) is 14.2. The van der Waals surface area contributed by atoms with Gasteiger partial charge in [-0.05, 0) is 81.9 Å². The first-order valence-electron chi connectivity index (χ1n) is 14.2. The molecule has 2 aromatic heterocycles. The van der Waals surface area contributed by atoms with E-state index in [4.69, 9.17) is 0 Å². The number of halogens is 1. The van der Waals surface area contributed by atoms with Gasteiger partial charge in [0, 0.05) is 17.6 Å². The molecule has 1 amide bonds. The minimum atomic E-state index is -0.665. The van der Waals surface area contributed by atoms with E-state index in [2.05, 4.69) is 10.3 Å². The molecule has 0 saturated heterocycles. The van der Waals surface area contributed by atoms with Gasteiger partial charge in [0.1, 0.15) is 12.1 Å². The second kappa shape index (κ2) is 10.8. The van der Waals surface area contributed by atoms with Gasteiger partial charge < -0.3 is 5.32 Å². The third-order valence-corrected chi connectivity index (χ3v) is 8.78. The maximum Gasteiger partial charge on any atom is 0.337 e. The van der Waals surface area contributed by atoms with Gasteiger partial charge in [-0.3, -0.25) is 23.9 Å². The Bertz CT molecular complexity index is 1800. The molecule has 2 aliphatic carbocycles. The maximum absolute atomic E-state index is 14.3. The van der Waals surface area contributed by atoms with Crippen LogP contribution in [-0.4, -0.2) is 56.9 Å². The Morgan fingerprint density at radius 3 is 2.38 bits per heavy atom. The van der Waals surface area contributed by atoms with Crippen LogP contribution in [0, 0.1) is 5.82 Å². The Hall–Kier alpha value is -4.44. The summed E-state index contributed by atoms with van der Waals surface area (Å²) in [6.45, 7) is 0. The molecule has 2 aliphatic rings. The van der Waals surface area contributed by atoms with E-state index in [0.717, 1.165) is 42.5 Å². The number of rotatable bonds is 7. The summed E-state index contributed by atoms with van der Waals surface area (Å²) in [4.78, 5) is 57.8. The van der Waals surface area contributed by atoms with Gasteiger partial charge in [-0.15, -0.1) is 0 Å². The zero-order valence-electron chi connectivity index (χ0n) is 23.5. The van der Waals surface area contributed by atoms with E-state index in [1.54, 1.807) is 24.3 Å². The highest BCUT2D eigenvalue weighted by molar-refractivity contribution is 5.89. The molecule has 6 rings (SSSR count). The molecule has 0 radical (unpaired) electrons. The number of aromatic nitrogens is 3. The zero-order chi connectivity index (χ0) is 29.6. The van der Waals surface area contributed by atoms with Crippen LogP contribution in [0.4, 0.5) is 4.39 Å². The molecule has 9 nitrogen and oxygen atoms in total. The second-order valence-electron chi connectivity index (χ2n) is 11.5. The Morgan fingerprint density at radius 1 is 1.02 bits per heavy atom. The Labute approximate surface area is 241 Å². The van der Waals surface area contributed by atoms with Crippen LogP contribution in [0.3, 0.4) is 0 Å². The number of aldehydes is 1. The fourth-order valence-electron chi connectivity index (χ4n) is 6.11. The van der Waals surface area contributed by atoms with Crippen LogP contribution in [0.5, 0.6) is 0 Å². The summed E-state index contributed by atoms with van der Waals surface area (Å²) in [5, 5.41) is 3.20. The molecule has 0 atom stereocenters. The van der Waals surface area contributed by atoms with E-state index in [1.165, 1.54) is 9.13 Å². The molecule has 0 unspecified atom stereocenters. The number of carbonyl (C=O) groups is 2. The highest BCUT2D eigenvalue weighted by atomic mass is 19.1. The van der Waals surface area contributed by atoms with E-state index in [9.17, 15) is 23.6 Å². The van der Waals surface area contributed by atoms with Crippen LogP contribution >= 0.6 is 0 Å².